The number of aromatic nitrogens is 6. The lowest BCUT2D eigenvalue weighted by Crippen LogP contribution is -2.22. The number of anilines is 4. The van der Waals surface area contributed by atoms with Crippen LogP contribution in [0.4, 0.5) is 23.5 Å². The van der Waals surface area contributed by atoms with Crippen LogP contribution in [-0.2, 0) is 12.3 Å². The zero-order chi connectivity index (χ0) is 22.6. The van der Waals surface area contributed by atoms with Gasteiger partial charge in [0.25, 0.3) is 0 Å². The molecular formula is C22H25N9OS. The highest BCUT2D eigenvalue weighted by atomic mass is 32.2. The summed E-state index contributed by atoms with van der Waals surface area (Å²) in [5.41, 5.74) is 8.02. The molecule has 170 valence electrons. The molecule has 33 heavy (non-hydrogen) atoms. The van der Waals surface area contributed by atoms with E-state index in [2.05, 4.69) is 39.9 Å². The summed E-state index contributed by atoms with van der Waals surface area (Å²) in [4.78, 5) is 15.3. The number of rotatable bonds is 8. The summed E-state index contributed by atoms with van der Waals surface area (Å²) < 4.78 is 7.66. The first-order valence-corrected chi connectivity index (χ1v) is 11.8. The van der Waals surface area contributed by atoms with E-state index < -0.39 is 0 Å². The van der Waals surface area contributed by atoms with Crippen molar-refractivity contribution >= 4 is 35.3 Å². The maximum absolute atomic E-state index is 5.95. The van der Waals surface area contributed by atoms with Gasteiger partial charge in [-0.3, -0.25) is 4.57 Å². The van der Waals surface area contributed by atoms with Crippen molar-refractivity contribution in [3.8, 4) is 0 Å². The van der Waals surface area contributed by atoms with E-state index in [9.17, 15) is 0 Å². The van der Waals surface area contributed by atoms with Crippen LogP contribution in [0.2, 0.25) is 0 Å². The van der Waals surface area contributed by atoms with Crippen molar-refractivity contribution in [2.45, 2.75) is 37.2 Å². The van der Waals surface area contributed by atoms with E-state index in [1.807, 2.05) is 43.3 Å². The van der Waals surface area contributed by atoms with Crippen molar-refractivity contribution in [3.05, 3.63) is 59.8 Å². The van der Waals surface area contributed by atoms with Crippen molar-refractivity contribution < 1.29 is 4.42 Å². The number of nitrogens with zero attached hydrogens (tertiary/aromatic N) is 7. The minimum Gasteiger partial charge on any atom is -0.467 e. The van der Waals surface area contributed by atoms with Crippen LogP contribution in [0.15, 0.2) is 52.2 Å². The van der Waals surface area contributed by atoms with Crippen LogP contribution in [-0.4, -0.2) is 42.8 Å². The van der Waals surface area contributed by atoms with Gasteiger partial charge >= 0.3 is 0 Å². The van der Waals surface area contributed by atoms with Crippen molar-refractivity contribution in [1.82, 2.24) is 29.7 Å². The average molecular weight is 464 g/mol. The maximum Gasteiger partial charge on any atom is 0.232 e. The second-order valence-corrected chi connectivity index (χ2v) is 8.80. The number of aryl methyl sites for hydroxylation is 1. The fourth-order valence-electron chi connectivity index (χ4n) is 3.69. The Morgan fingerprint density at radius 1 is 1.06 bits per heavy atom. The van der Waals surface area contributed by atoms with Crippen LogP contribution in [0.1, 0.15) is 30.0 Å². The monoisotopic (exact) mass is 463 g/mol. The van der Waals surface area contributed by atoms with Crippen molar-refractivity contribution in [3.63, 3.8) is 0 Å². The lowest BCUT2D eigenvalue weighted by atomic mass is 10.2. The van der Waals surface area contributed by atoms with E-state index in [-0.39, 0.29) is 5.95 Å². The molecule has 0 saturated carbocycles. The molecule has 0 atom stereocenters. The summed E-state index contributed by atoms with van der Waals surface area (Å²) in [6.45, 7) is 4.57. The molecule has 3 N–H and O–H groups in total. The number of nitrogen functional groups attached to an aromatic ring is 1. The van der Waals surface area contributed by atoms with Crippen LogP contribution in [0, 0.1) is 6.92 Å². The van der Waals surface area contributed by atoms with Gasteiger partial charge in [0.2, 0.25) is 17.8 Å². The predicted octanol–water partition coefficient (Wildman–Crippen LogP) is 3.63. The zero-order valence-corrected chi connectivity index (χ0v) is 19.1. The van der Waals surface area contributed by atoms with Crippen LogP contribution >= 0.6 is 11.8 Å². The van der Waals surface area contributed by atoms with Crippen molar-refractivity contribution in [1.29, 1.82) is 0 Å². The minimum atomic E-state index is 0.171. The molecule has 0 bridgehead atoms. The Morgan fingerprint density at radius 3 is 2.64 bits per heavy atom. The molecule has 0 spiro atoms. The number of nitrogens with one attached hydrogen (secondary N) is 1. The first-order chi connectivity index (χ1) is 16.1. The molecule has 1 saturated heterocycles. The van der Waals surface area contributed by atoms with Crippen LogP contribution in [0.25, 0.3) is 0 Å². The lowest BCUT2D eigenvalue weighted by molar-refractivity contribution is 0.483. The standard InChI is InChI=1S/C22H25N9OS/c1-15-6-8-16(9-7-15)24-20-26-18(25-19(23)27-20)14-33-22-29-28-21(30-10-2-3-11-30)31(22)13-17-5-4-12-32-17/h4-9,12H,2-3,10-11,13-14H2,1H3,(H3,23,24,25,26,27). The van der Waals surface area contributed by atoms with Crippen molar-refractivity contribution in [2.24, 2.45) is 0 Å². The first-order valence-electron chi connectivity index (χ1n) is 10.8. The summed E-state index contributed by atoms with van der Waals surface area (Å²) in [5.74, 6) is 3.35. The number of thioether (sulfide) groups is 1. The Kier molecular flexibility index (Phi) is 6.11. The molecule has 1 aromatic carbocycles. The Hall–Kier alpha value is -3.60. The summed E-state index contributed by atoms with van der Waals surface area (Å²) >= 11 is 1.51. The Morgan fingerprint density at radius 2 is 1.88 bits per heavy atom. The Bertz CT molecular complexity index is 1200. The van der Waals surface area contributed by atoms with Crippen LogP contribution < -0.4 is 16.0 Å². The van der Waals surface area contributed by atoms with E-state index in [1.165, 1.54) is 17.3 Å². The van der Waals surface area contributed by atoms with Gasteiger partial charge in [0.1, 0.15) is 11.6 Å². The molecule has 4 heterocycles. The van der Waals surface area contributed by atoms with Gasteiger partial charge in [0.15, 0.2) is 5.16 Å². The highest BCUT2D eigenvalue weighted by Crippen LogP contribution is 2.28. The molecule has 0 amide bonds. The van der Waals surface area contributed by atoms with Gasteiger partial charge in [-0.25, -0.2) is 0 Å². The molecule has 3 aromatic heterocycles. The first kappa shape index (κ1) is 21.3. The van der Waals surface area contributed by atoms with Crippen LogP contribution in [0.5, 0.6) is 0 Å². The minimum absolute atomic E-state index is 0.171. The highest BCUT2D eigenvalue weighted by Gasteiger charge is 2.22. The fraction of sp³-hybridized carbons (Fsp3) is 0.318. The van der Waals surface area contributed by atoms with Gasteiger partial charge in [0, 0.05) is 18.8 Å². The number of benzene rings is 1. The third-order valence-electron chi connectivity index (χ3n) is 5.32. The summed E-state index contributed by atoms with van der Waals surface area (Å²) in [5, 5.41) is 12.9. The largest absolute Gasteiger partial charge is 0.467 e. The molecule has 10 nitrogen and oxygen atoms in total. The van der Waals surface area contributed by atoms with Gasteiger partial charge in [-0.15, -0.1) is 10.2 Å². The smallest absolute Gasteiger partial charge is 0.232 e. The molecule has 0 aliphatic carbocycles. The number of hydrogen-bond donors (Lipinski definition) is 2. The molecule has 4 aromatic rings. The molecular weight excluding hydrogens is 438 g/mol. The molecule has 0 unspecified atom stereocenters. The molecule has 1 aliphatic rings. The SMILES string of the molecule is Cc1ccc(Nc2nc(N)nc(CSc3nnc(N4CCCC4)n3Cc3ccco3)n2)cc1. The topological polar surface area (TPSA) is 124 Å². The van der Waals surface area contributed by atoms with E-state index in [0.29, 0.717) is 24.1 Å². The molecule has 1 fully saturated rings. The van der Waals surface area contributed by atoms with Gasteiger partial charge in [-0.2, -0.15) is 15.0 Å². The van der Waals surface area contributed by atoms with Gasteiger partial charge in [-0.05, 0) is 44.0 Å². The zero-order valence-electron chi connectivity index (χ0n) is 18.3. The quantitative estimate of drug-likeness (QED) is 0.374. The lowest BCUT2D eigenvalue weighted by Gasteiger charge is -2.17. The molecule has 5 rings (SSSR count). The normalized spacial score (nSPS) is 13.5. The number of nitrogens with two attached hydrogens (primary N) is 1. The summed E-state index contributed by atoms with van der Waals surface area (Å²) in [6, 6.07) is 11.8. The van der Waals surface area contributed by atoms with Gasteiger partial charge in [-0.1, -0.05) is 29.5 Å². The summed E-state index contributed by atoms with van der Waals surface area (Å²) in [7, 11) is 0. The predicted molar refractivity (Wildman–Crippen MR) is 128 cm³/mol. The second-order valence-electron chi connectivity index (χ2n) is 7.86. The molecule has 1 aliphatic heterocycles. The van der Waals surface area contributed by atoms with Crippen LogP contribution in [0.3, 0.4) is 0 Å². The third-order valence-corrected chi connectivity index (χ3v) is 6.28. The van der Waals surface area contributed by atoms with Gasteiger partial charge in [0.05, 0.1) is 18.6 Å². The number of furan rings is 1. The Labute approximate surface area is 195 Å². The van der Waals surface area contributed by atoms with E-state index in [1.54, 1.807) is 6.26 Å². The average Bonchev–Trinajstić information content (AvgIpc) is 3.56. The number of hydrogen-bond acceptors (Lipinski definition) is 10. The van der Waals surface area contributed by atoms with Crippen molar-refractivity contribution in [2.75, 3.05) is 29.0 Å². The Balaban J connectivity index is 1.34. The molecule has 11 heteroatoms. The maximum atomic E-state index is 5.95. The molecule has 0 radical (unpaired) electrons. The summed E-state index contributed by atoms with van der Waals surface area (Å²) in [6.07, 6.45) is 4.01. The second kappa shape index (κ2) is 9.49. The third kappa shape index (κ3) is 5.08. The fourth-order valence-corrected chi connectivity index (χ4v) is 4.48. The van der Waals surface area contributed by atoms with E-state index in [4.69, 9.17) is 10.2 Å². The van der Waals surface area contributed by atoms with E-state index >= 15 is 0 Å². The van der Waals surface area contributed by atoms with Gasteiger partial charge < -0.3 is 20.4 Å². The highest BCUT2D eigenvalue weighted by molar-refractivity contribution is 7.98. The van der Waals surface area contributed by atoms with E-state index in [0.717, 1.165) is 48.5 Å².